The number of benzene rings is 2. The SMILES string of the molecule is C.CC(C)(C)OC(=O)N1CCC(CC(=O)N2CCC([C@H]3c4ncc(Br)cc4CCc4cc(Cl)cc(Br)c43)CC2)CC1.Clc1cc(Br)c2c(c1)CCc1cc(Br)cnc1[C@H]2C1CCNCC1. The molecule has 3 saturated heterocycles. The molecule has 0 spiro atoms. The van der Waals surface area contributed by atoms with Crippen molar-refractivity contribution in [2.24, 2.45) is 17.8 Å². The molecule has 2 aliphatic carbocycles. The molecule has 14 heteroatoms. The Morgan fingerprint density at radius 3 is 1.58 bits per heavy atom. The minimum Gasteiger partial charge on any atom is -0.444 e. The third-order valence-corrected chi connectivity index (χ3v) is 16.4. The molecule has 2 atom stereocenters. The number of nitrogens with zero attached hydrogens (tertiary/aromatic N) is 4. The summed E-state index contributed by atoms with van der Waals surface area (Å²) in [6, 6.07) is 12.8. The van der Waals surface area contributed by atoms with Crippen molar-refractivity contribution in [2.75, 3.05) is 39.3 Å². The van der Waals surface area contributed by atoms with Crippen LogP contribution in [0.3, 0.4) is 0 Å². The van der Waals surface area contributed by atoms with Crippen LogP contribution in [0.4, 0.5) is 4.79 Å². The number of pyridine rings is 2. The number of halogens is 6. The number of carbonyl (C=O) groups is 2. The van der Waals surface area contributed by atoms with Crippen molar-refractivity contribution in [1.82, 2.24) is 25.1 Å². The largest absolute Gasteiger partial charge is 0.444 e. The molecule has 3 fully saturated rings. The van der Waals surface area contributed by atoms with Crippen molar-refractivity contribution in [3.63, 3.8) is 0 Å². The first-order valence-corrected chi connectivity index (χ1v) is 26.7. The first kappa shape index (κ1) is 50.8. The Morgan fingerprint density at radius 1 is 0.662 bits per heavy atom. The number of hydrogen-bond donors (Lipinski definition) is 1. The molecular weight excluding hydrogens is 1120 g/mol. The van der Waals surface area contributed by atoms with E-state index in [1.807, 2.05) is 45.3 Å². The lowest BCUT2D eigenvalue weighted by Crippen LogP contribution is -2.44. The van der Waals surface area contributed by atoms with E-state index in [9.17, 15) is 9.59 Å². The topological polar surface area (TPSA) is 87.7 Å². The minimum atomic E-state index is -0.493. The maximum absolute atomic E-state index is 13.3. The van der Waals surface area contributed by atoms with Gasteiger partial charge in [0.15, 0.2) is 0 Å². The molecule has 3 aliphatic heterocycles. The van der Waals surface area contributed by atoms with Crippen LogP contribution in [0.25, 0.3) is 0 Å². The molecule has 4 aromatic rings. The zero-order valence-electron chi connectivity index (χ0n) is 36.8. The highest BCUT2D eigenvalue weighted by Gasteiger charge is 2.38. The standard InChI is InChI=1S/C31H38Br2ClN3O3.C19H19Br2ClN2.CH4/c1-31(2,3)40-30(39)37-10-6-19(7-11-37)14-26(38)36-12-8-20(9-13-36)28-27-21(16-24(34)17-25(27)33)4-5-22-15-23(32)18-35-29(22)28;20-14-7-13-2-1-12-8-15(22)9-16(21)17(12)18(19(13)24-10-14)11-3-5-23-6-4-11;/h15-20,28H,4-14H2,1-3H3;7-11,18,23H,1-6H2;1H4/t28-;18-;/m10./s1. The van der Waals surface area contributed by atoms with E-state index < -0.39 is 5.60 Å². The first-order valence-electron chi connectivity index (χ1n) is 22.8. The van der Waals surface area contributed by atoms with Gasteiger partial charge in [-0.1, -0.05) is 62.5 Å². The molecule has 8 nitrogen and oxygen atoms in total. The Hall–Kier alpha value is -2.06. The van der Waals surface area contributed by atoms with Crippen molar-refractivity contribution < 1.29 is 14.3 Å². The fourth-order valence-electron chi connectivity index (χ4n) is 10.7. The zero-order valence-corrected chi connectivity index (χ0v) is 44.7. The van der Waals surface area contributed by atoms with Crippen molar-refractivity contribution >= 4 is 98.9 Å². The van der Waals surface area contributed by atoms with Gasteiger partial charge in [-0.05, 0) is 217 Å². The van der Waals surface area contributed by atoms with Crippen LogP contribution in [0.2, 0.25) is 10.0 Å². The van der Waals surface area contributed by atoms with Crippen LogP contribution in [-0.4, -0.2) is 76.6 Å². The number of aryl methyl sites for hydroxylation is 4. The van der Waals surface area contributed by atoms with Crippen LogP contribution in [0, 0.1) is 17.8 Å². The first-order chi connectivity index (χ1) is 30.6. The predicted octanol–water partition coefficient (Wildman–Crippen LogP) is 13.9. The van der Waals surface area contributed by atoms with Crippen molar-refractivity contribution in [3.8, 4) is 0 Å². The van der Waals surface area contributed by atoms with E-state index in [2.05, 4.69) is 98.2 Å². The highest BCUT2D eigenvalue weighted by Crippen LogP contribution is 2.48. The number of rotatable bonds is 4. The van der Waals surface area contributed by atoms with Crippen molar-refractivity contribution in [3.05, 3.63) is 121 Å². The number of carbonyl (C=O) groups excluding carboxylic acids is 2. The van der Waals surface area contributed by atoms with Crippen molar-refractivity contribution in [1.29, 1.82) is 0 Å². The Morgan fingerprint density at radius 2 is 1.11 bits per heavy atom. The summed E-state index contributed by atoms with van der Waals surface area (Å²) in [5, 5.41) is 5.05. The molecule has 0 saturated carbocycles. The number of amides is 2. The van der Waals surface area contributed by atoms with E-state index in [1.54, 1.807) is 4.90 Å². The molecule has 65 heavy (non-hydrogen) atoms. The minimum absolute atomic E-state index is 0. The van der Waals surface area contributed by atoms with Gasteiger partial charge in [0.1, 0.15) is 5.60 Å². The number of likely N-dealkylation sites (tertiary alicyclic amines) is 2. The molecule has 5 heterocycles. The lowest BCUT2D eigenvalue weighted by molar-refractivity contribution is -0.134. The van der Waals surface area contributed by atoms with Crippen LogP contribution in [-0.2, 0) is 35.2 Å². The predicted molar refractivity (Wildman–Crippen MR) is 277 cm³/mol. The summed E-state index contributed by atoms with van der Waals surface area (Å²) in [6.07, 6.45) is 14.0. The van der Waals surface area contributed by atoms with E-state index in [1.165, 1.54) is 51.9 Å². The van der Waals surface area contributed by atoms with E-state index in [4.69, 9.17) is 37.9 Å². The van der Waals surface area contributed by atoms with Gasteiger partial charge in [-0.3, -0.25) is 14.8 Å². The molecule has 0 radical (unpaired) electrons. The summed E-state index contributed by atoms with van der Waals surface area (Å²) in [5.74, 6) is 2.08. The van der Waals surface area contributed by atoms with E-state index in [0.29, 0.717) is 43.2 Å². The fraction of sp³-hybridized carbons (Fsp3) is 0.529. The second-order valence-electron chi connectivity index (χ2n) is 19.2. The summed E-state index contributed by atoms with van der Waals surface area (Å²) in [6.45, 7) is 10.7. The number of nitrogens with one attached hydrogen (secondary N) is 1. The average molecular weight is 1180 g/mol. The number of aromatic nitrogens is 2. The van der Waals surface area contributed by atoms with Crippen LogP contribution < -0.4 is 5.32 Å². The van der Waals surface area contributed by atoms with Crippen LogP contribution in [0.5, 0.6) is 0 Å². The van der Waals surface area contributed by atoms with Gasteiger partial charge in [-0.25, -0.2) is 4.79 Å². The molecule has 0 unspecified atom stereocenters. The van der Waals surface area contributed by atoms with Gasteiger partial charge >= 0.3 is 6.09 Å². The monoisotopic (exact) mass is 1180 g/mol. The van der Waals surface area contributed by atoms with Gasteiger partial charge in [0, 0.05) is 84.8 Å². The third kappa shape index (κ3) is 12.2. The Bertz CT molecular complexity index is 2360. The summed E-state index contributed by atoms with van der Waals surface area (Å²) in [7, 11) is 0. The van der Waals surface area contributed by atoms with Gasteiger partial charge in [0.2, 0.25) is 5.91 Å². The van der Waals surface area contributed by atoms with Gasteiger partial charge in [-0.15, -0.1) is 0 Å². The molecule has 1 N–H and O–H groups in total. The van der Waals surface area contributed by atoms with Crippen LogP contribution in [0.15, 0.2) is 66.7 Å². The Kier molecular flexibility index (Phi) is 17.3. The van der Waals surface area contributed by atoms with Crippen molar-refractivity contribution in [2.45, 2.75) is 116 Å². The van der Waals surface area contributed by atoms with Crippen LogP contribution >= 0.6 is 86.9 Å². The number of hydrogen-bond acceptors (Lipinski definition) is 6. The lowest BCUT2D eigenvalue weighted by Gasteiger charge is -2.38. The van der Waals surface area contributed by atoms with Crippen LogP contribution in [0.1, 0.15) is 130 Å². The normalized spacial score (nSPS) is 20.4. The fourth-order valence-corrected chi connectivity index (χ4v) is 13.7. The molecule has 2 amide bonds. The summed E-state index contributed by atoms with van der Waals surface area (Å²) in [5.41, 5.74) is 9.94. The zero-order chi connectivity index (χ0) is 45.3. The van der Waals surface area contributed by atoms with Gasteiger partial charge in [0.05, 0.1) is 11.4 Å². The van der Waals surface area contributed by atoms with E-state index >= 15 is 0 Å². The third-order valence-electron chi connectivity index (χ3n) is 13.8. The van der Waals surface area contributed by atoms with Gasteiger partial charge in [-0.2, -0.15) is 0 Å². The van der Waals surface area contributed by atoms with E-state index in [-0.39, 0.29) is 25.3 Å². The lowest BCUT2D eigenvalue weighted by atomic mass is 9.76. The molecule has 5 aliphatic rings. The van der Waals surface area contributed by atoms with E-state index in [0.717, 1.165) is 111 Å². The maximum atomic E-state index is 13.3. The number of piperidine rings is 3. The summed E-state index contributed by atoms with van der Waals surface area (Å²) < 4.78 is 9.76. The summed E-state index contributed by atoms with van der Waals surface area (Å²) >= 11 is 27.7. The highest BCUT2D eigenvalue weighted by atomic mass is 79.9. The molecular formula is C51H61Br4Cl2N5O3. The maximum Gasteiger partial charge on any atom is 0.410 e. The summed E-state index contributed by atoms with van der Waals surface area (Å²) in [4.78, 5) is 39.4. The Balaban J connectivity index is 0.000000215. The Labute approximate surface area is 429 Å². The molecule has 2 aromatic heterocycles. The highest BCUT2D eigenvalue weighted by molar-refractivity contribution is 9.11. The molecule has 0 bridgehead atoms. The van der Waals surface area contributed by atoms with Gasteiger partial charge < -0.3 is 19.9 Å². The quantitative estimate of drug-likeness (QED) is 0.219. The molecule has 350 valence electrons. The molecule has 2 aromatic carbocycles. The second-order valence-corrected chi connectivity index (χ2v) is 23.6. The number of ether oxygens (including phenoxy) is 1. The smallest absolute Gasteiger partial charge is 0.410 e. The van der Waals surface area contributed by atoms with Gasteiger partial charge in [0.25, 0.3) is 0 Å². The average Bonchev–Trinajstić information content (AvgIpc) is 3.52. The molecule has 9 rings (SSSR count). The second kappa shape index (κ2) is 22.1. The number of fused-ring (bicyclic) bond motifs is 4.